The van der Waals surface area contributed by atoms with Crippen LogP contribution in [0, 0.1) is 0 Å². The monoisotopic (exact) mass is 341 g/mol. The van der Waals surface area contributed by atoms with E-state index < -0.39 is 6.10 Å². The Labute approximate surface area is 147 Å². The summed E-state index contributed by atoms with van der Waals surface area (Å²) >= 11 is 0. The number of nitrogens with zero attached hydrogens (tertiary/aromatic N) is 3. The van der Waals surface area contributed by atoms with Crippen molar-refractivity contribution in [3.05, 3.63) is 54.2 Å². The molecule has 0 radical (unpaired) electrons. The number of likely N-dealkylation sites (tertiary alicyclic amines) is 1. The maximum Gasteiger partial charge on any atom is 0.256 e. The molecular formula is C19H23N3O3. The van der Waals surface area contributed by atoms with E-state index in [1.165, 1.54) is 0 Å². The van der Waals surface area contributed by atoms with Crippen LogP contribution in [0.4, 0.5) is 5.82 Å². The molecule has 132 valence electrons. The molecule has 6 nitrogen and oxygen atoms in total. The van der Waals surface area contributed by atoms with Gasteiger partial charge in [-0.2, -0.15) is 0 Å². The molecule has 1 aromatic carbocycles. The standard InChI is InChI=1S/C19H23N3O3/c1-21(2)18-16(9-6-11-20-18)25-15-10-12-22(13-15)19(24)17(23)14-7-4-3-5-8-14/h3-9,11,15,17,23H,10,12-13H2,1-2H3/t15-,17+/m1/s1. The van der Waals surface area contributed by atoms with Crippen LogP contribution in [0.25, 0.3) is 0 Å². The lowest BCUT2D eigenvalue weighted by Crippen LogP contribution is -2.34. The number of rotatable bonds is 5. The Balaban J connectivity index is 1.63. The fourth-order valence-corrected chi connectivity index (χ4v) is 2.97. The van der Waals surface area contributed by atoms with E-state index in [1.54, 1.807) is 23.2 Å². The number of ether oxygens (including phenoxy) is 1. The average molecular weight is 341 g/mol. The quantitative estimate of drug-likeness (QED) is 0.899. The van der Waals surface area contributed by atoms with Gasteiger partial charge < -0.3 is 19.6 Å². The number of pyridine rings is 1. The molecule has 25 heavy (non-hydrogen) atoms. The number of anilines is 1. The van der Waals surface area contributed by atoms with E-state index in [0.29, 0.717) is 24.4 Å². The number of aromatic nitrogens is 1. The highest BCUT2D eigenvalue weighted by Gasteiger charge is 2.32. The molecule has 0 unspecified atom stereocenters. The molecule has 3 rings (SSSR count). The van der Waals surface area contributed by atoms with E-state index in [9.17, 15) is 9.90 Å². The summed E-state index contributed by atoms with van der Waals surface area (Å²) in [5, 5.41) is 10.3. The Hall–Kier alpha value is -2.60. The smallest absolute Gasteiger partial charge is 0.256 e. The lowest BCUT2D eigenvalue weighted by atomic mass is 10.1. The number of benzene rings is 1. The summed E-state index contributed by atoms with van der Waals surface area (Å²) in [7, 11) is 3.83. The van der Waals surface area contributed by atoms with Crippen molar-refractivity contribution in [3.8, 4) is 5.75 Å². The van der Waals surface area contributed by atoms with Gasteiger partial charge in [0.2, 0.25) is 0 Å². The van der Waals surface area contributed by atoms with Crippen molar-refractivity contribution in [2.45, 2.75) is 18.6 Å². The molecule has 1 fully saturated rings. The highest BCUT2D eigenvalue weighted by atomic mass is 16.5. The van der Waals surface area contributed by atoms with Gasteiger partial charge in [0.1, 0.15) is 6.10 Å². The average Bonchev–Trinajstić information content (AvgIpc) is 3.10. The second-order valence-electron chi connectivity index (χ2n) is 6.35. The number of hydrogen-bond acceptors (Lipinski definition) is 5. The molecule has 1 aliphatic rings. The Morgan fingerprint density at radius 3 is 2.76 bits per heavy atom. The first kappa shape index (κ1) is 17.2. The van der Waals surface area contributed by atoms with Gasteiger partial charge in [0, 0.05) is 33.3 Å². The zero-order chi connectivity index (χ0) is 17.8. The van der Waals surface area contributed by atoms with Gasteiger partial charge in [0.25, 0.3) is 5.91 Å². The van der Waals surface area contributed by atoms with Gasteiger partial charge >= 0.3 is 0 Å². The molecule has 0 aliphatic carbocycles. The highest BCUT2D eigenvalue weighted by molar-refractivity contribution is 5.82. The summed E-state index contributed by atoms with van der Waals surface area (Å²) < 4.78 is 6.05. The molecule has 2 heterocycles. The number of carbonyl (C=O) groups is 1. The number of aliphatic hydroxyl groups excluding tert-OH is 1. The predicted octanol–water partition coefficient (Wildman–Crippen LogP) is 1.86. The van der Waals surface area contributed by atoms with Crippen LogP contribution in [0.5, 0.6) is 5.75 Å². The van der Waals surface area contributed by atoms with Crippen molar-refractivity contribution in [3.63, 3.8) is 0 Å². The number of aliphatic hydroxyl groups is 1. The number of carbonyl (C=O) groups excluding carboxylic acids is 1. The maximum atomic E-state index is 12.5. The van der Waals surface area contributed by atoms with E-state index in [-0.39, 0.29) is 12.0 Å². The van der Waals surface area contributed by atoms with Gasteiger partial charge in [-0.1, -0.05) is 30.3 Å². The first-order valence-electron chi connectivity index (χ1n) is 8.37. The van der Waals surface area contributed by atoms with Gasteiger partial charge in [0.05, 0.1) is 6.54 Å². The van der Waals surface area contributed by atoms with Crippen molar-refractivity contribution in [1.29, 1.82) is 0 Å². The van der Waals surface area contributed by atoms with Crippen LogP contribution in [0.3, 0.4) is 0 Å². The molecule has 1 saturated heterocycles. The molecule has 2 aromatic rings. The van der Waals surface area contributed by atoms with Crippen LogP contribution >= 0.6 is 0 Å². The summed E-state index contributed by atoms with van der Waals surface area (Å²) in [6.45, 7) is 1.04. The van der Waals surface area contributed by atoms with E-state index in [0.717, 1.165) is 12.2 Å². The van der Waals surface area contributed by atoms with Crippen LogP contribution in [-0.4, -0.2) is 54.2 Å². The van der Waals surface area contributed by atoms with Crippen LogP contribution in [0.1, 0.15) is 18.1 Å². The van der Waals surface area contributed by atoms with Crippen molar-refractivity contribution < 1.29 is 14.6 Å². The first-order valence-corrected chi connectivity index (χ1v) is 8.37. The molecule has 1 aromatic heterocycles. The molecule has 6 heteroatoms. The summed E-state index contributed by atoms with van der Waals surface area (Å²) in [6, 6.07) is 12.7. The zero-order valence-corrected chi connectivity index (χ0v) is 14.5. The van der Waals surface area contributed by atoms with Crippen LogP contribution in [0.15, 0.2) is 48.7 Å². The van der Waals surface area contributed by atoms with Gasteiger partial charge in [0.15, 0.2) is 17.7 Å². The minimum absolute atomic E-state index is 0.102. The Morgan fingerprint density at radius 2 is 2.04 bits per heavy atom. The maximum absolute atomic E-state index is 12.5. The summed E-state index contributed by atoms with van der Waals surface area (Å²) in [6.07, 6.45) is 1.23. The first-order chi connectivity index (χ1) is 12.1. The molecule has 0 bridgehead atoms. The molecule has 0 saturated carbocycles. The van der Waals surface area contributed by atoms with Crippen molar-refractivity contribution >= 4 is 11.7 Å². The minimum Gasteiger partial charge on any atom is -0.485 e. The SMILES string of the molecule is CN(C)c1ncccc1O[C@@H]1CCN(C(=O)[C@@H](O)c2ccccc2)C1. The predicted molar refractivity (Wildman–Crippen MR) is 95.6 cm³/mol. The summed E-state index contributed by atoms with van der Waals surface area (Å²) in [5.74, 6) is 1.18. The highest BCUT2D eigenvalue weighted by Crippen LogP contribution is 2.27. The fourth-order valence-electron chi connectivity index (χ4n) is 2.97. The molecule has 2 atom stereocenters. The number of amides is 1. The topological polar surface area (TPSA) is 65.9 Å². The van der Waals surface area contributed by atoms with E-state index >= 15 is 0 Å². The van der Waals surface area contributed by atoms with Gasteiger partial charge in [-0.15, -0.1) is 0 Å². The summed E-state index contributed by atoms with van der Waals surface area (Å²) in [4.78, 5) is 20.4. The molecule has 1 N–H and O–H groups in total. The van der Waals surface area contributed by atoms with Crippen molar-refractivity contribution in [1.82, 2.24) is 9.88 Å². The Kier molecular flexibility index (Phi) is 5.19. The largest absolute Gasteiger partial charge is 0.485 e. The van der Waals surface area contributed by atoms with E-state index in [2.05, 4.69) is 4.98 Å². The number of hydrogen-bond donors (Lipinski definition) is 1. The molecule has 1 amide bonds. The Morgan fingerprint density at radius 1 is 1.28 bits per heavy atom. The van der Waals surface area contributed by atoms with Crippen molar-refractivity contribution in [2.24, 2.45) is 0 Å². The molecular weight excluding hydrogens is 318 g/mol. The van der Waals surface area contributed by atoms with Crippen LogP contribution < -0.4 is 9.64 Å². The second-order valence-corrected chi connectivity index (χ2v) is 6.35. The fraction of sp³-hybridized carbons (Fsp3) is 0.368. The van der Waals surface area contributed by atoms with Gasteiger partial charge in [-0.3, -0.25) is 4.79 Å². The van der Waals surface area contributed by atoms with Crippen LogP contribution in [-0.2, 0) is 4.79 Å². The Bertz CT molecular complexity index is 721. The third-order valence-corrected chi connectivity index (χ3v) is 4.27. The van der Waals surface area contributed by atoms with Crippen molar-refractivity contribution in [2.75, 3.05) is 32.1 Å². The lowest BCUT2D eigenvalue weighted by molar-refractivity contribution is -0.139. The normalized spacial score (nSPS) is 18.0. The van der Waals surface area contributed by atoms with Crippen LogP contribution in [0.2, 0.25) is 0 Å². The second kappa shape index (κ2) is 7.53. The third-order valence-electron chi connectivity index (χ3n) is 4.27. The van der Waals surface area contributed by atoms with Gasteiger partial charge in [-0.05, 0) is 17.7 Å². The van der Waals surface area contributed by atoms with Gasteiger partial charge in [-0.25, -0.2) is 4.98 Å². The minimum atomic E-state index is -1.13. The third kappa shape index (κ3) is 3.91. The molecule has 1 aliphatic heterocycles. The van der Waals surface area contributed by atoms with E-state index in [4.69, 9.17) is 4.74 Å². The lowest BCUT2D eigenvalue weighted by Gasteiger charge is -2.22. The summed E-state index contributed by atoms with van der Waals surface area (Å²) in [5.41, 5.74) is 0.610. The molecule has 0 spiro atoms. The zero-order valence-electron chi connectivity index (χ0n) is 14.5. The van der Waals surface area contributed by atoms with E-state index in [1.807, 2.05) is 49.3 Å².